The number of likely N-dealkylation sites (tertiary alicyclic amines) is 1. The molecule has 7 heteroatoms. The summed E-state index contributed by atoms with van der Waals surface area (Å²) in [6, 6.07) is 18.0. The van der Waals surface area contributed by atoms with Crippen LogP contribution in [-0.4, -0.2) is 39.9 Å². The number of hydrogen-bond donors (Lipinski definition) is 1. The van der Waals surface area contributed by atoms with Crippen molar-refractivity contribution in [1.82, 2.24) is 9.88 Å². The van der Waals surface area contributed by atoms with Gasteiger partial charge in [-0.15, -0.1) is 0 Å². The van der Waals surface area contributed by atoms with Gasteiger partial charge < -0.3 is 9.84 Å². The maximum atomic E-state index is 13.1. The average Bonchev–Trinajstić information content (AvgIpc) is 3.18. The van der Waals surface area contributed by atoms with E-state index in [1.807, 2.05) is 18.2 Å². The molecule has 3 heterocycles. The van der Waals surface area contributed by atoms with Crippen molar-refractivity contribution < 1.29 is 23.0 Å². The monoisotopic (exact) mass is 468 g/mol. The van der Waals surface area contributed by atoms with Crippen LogP contribution in [0.2, 0.25) is 0 Å². The van der Waals surface area contributed by atoms with Crippen LogP contribution in [0.1, 0.15) is 36.5 Å². The Morgan fingerprint density at radius 1 is 0.971 bits per heavy atom. The molecule has 3 aromatic rings. The molecular formula is C27H27F3N2O2. The molecule has 1 aromatic heterocycles. The van der Waals surface area contributed by atoms with Crippen LogP contribution in [0.3, 0.4) is 0 Å². The summed E-state index contributed by atoms with van der Waals surface area (Å²) in [5.74, 6) is 0.779. The molecule has 2 aliphatic heterocycles. The minimum absolute atomic E-state index is 0.125. The zero-order chi connectivity index (χ0) is 24.0. The second-order valence-corrected chi connectivity index (χ2v) is 9.55. The molecule has 1 N–H and O–H groups in total. The predicted octanol–water partition coefficient (Wildman–Crippen LogP) is 5.49. The summed E-state index contributed by atoms with van der Waals surface area (Å²) in [6.07, 6.45) is -0.0902. The molecule has 1 saturated heterocycles. The lowest BCUT2D eigenvalue weighted by molar-refractivity contribution is -0.258. The van der Waals surface area contributed by atoms with Crippen LogP contribution in [0.15, 0.2) is 66.9 Å². The first-order chi connectivity index (χ1) is 16.2. The van der Waals surface area contributed by atoms with E-state index in [1.54, 1.807) is 18.3 Å². The van der Waals surface area contributed by atoms with Gasteiger partial charge >= 0.3 is 6.18 Å². The highest BCUT2D eigenvalue weighted by molar-refractivity contribution is 5.64. The lowest BCUT2D eigenvalue weighted by atomic mass is 9.87. The van der Waals surface area contributed by atoms with Gasteiger partial charge in [-0.3, -0.25) is 4.90 Å². The first kappa shape index (κ1) is 22.9. The Balaban J connectivity index is 1.19. The van der Waals surface area contributed by atoms with Crippen molar-refractivity contribution in [2.75, 3.05) is 13.1 Å². The summed E-state index contributed by atoms with van der Waals surface area (Å²) in [4.78, 5) is 6.78. The number of pyridine rings is 1. The maximum absolute atomic E-state index is 13.1. The molecule has 1 unspecified atom stereocenters. The number of ether oxygens (including phenoxy) is 1. The molecule has 0 bridgehead atoms. The second-order valence-electron chi connectivity index (χ2n) is 9.55. The largest absolute Gasteiger partial charge is 0.470 e. The Kier molecular flexibility index (Phi) is 5.65. The van der Waals surface area contributed by atoms with E-state index in [2.05, 4.69) is 28.1 Å². The minimum atomic E-state index is -4.73. The second kappa shape index (κ2) is 8.40. The molecule has 2 aliphatic rings. The van der Waals surface area contributed by atoms with E-state index in [1.165, 1.54) is 23.3 Å². The van der Waals surface area contributed by atoms with Gasteiger partial charge in [-0.25, -0.2) is 4.98 Å². The molecular weight excluding hydrogens is 441 g/mol. The number of hydrogen-bond acceptors (Lipinski definition) is 4. The Labute approximate surface area is 197 Å². The van der Waals surface area contributed by atoms with Crippen LogP contribution >= 0.6 is 0 Å². The van der Waals surface area contributed by atoms with Crippen molar-refractivity contribution in [3.63, 3.8) is 0 Å². The number of aliphatic hydroxyl groups is 1. The van der Waals surface area contributed by atoms with E-state index in [0.29, 0.717) is 0 Å². The first-order valence-electron chi connectivity index (χ1n) is 11.5. The molecule has 0 saturated carbocycles. The van der Waals surface area contributed by atoms with Gasteiger partial charge in [0.25, 0.3) is 0 Å². The number of alkyl halides is 3. The summed E-state index contributed by atoms with van der Waals surface area (Å²) < 4.78 is 45.4. The van der Waals surface area contributed by atoms with Crippen molar-refractivity contribution in [2.45, 2.75) is 50.1 Å². The van der Waals surface area contributed by atoms with E-state index >= 15 is 0 Å². The molecule has 0 radical (unpaired) electrons. The van der Waals surface area contributed by atoms with E-state index in [4.69, 9.17) is 4.74 Å². The van der Waals surface area contributed by atoms with Gasteiger partial charge in [-0.1, -0.05) is 54.6 Å². The number of aromatic nitrogens is 1. The van der Waals surface area contributed by atoms with Gasteiger partial charge in [0.2, 0.25) is 5.88 Å². The fourth-order valence-electron chi connectivity index (χ4n) is 4.85. The standard InChI is InChI=1S/C27H27F3N2O2/c1-25(33,27(28,29)30)23-10-8-21(9-11-23)20-6-4-19(5-7-20)18-32-15-12-26(13-16-32)17-22-3-2-14-31-24(22)34-26/h2-11,14,33H,12-13,15-18H2,1H3. The van der Waals surface area contributed by atoms with Crippen LogP contribution in [0.4, 0.5) is 13.2 Å². The zero-order valence-electron chi connectivity index (χ0n) is 19.0. The van der Waals surface area contributed by atoms with Crippen molar-refractivity contribution in [3.05, 3.63) is 83.6 Å². The van der Waals surface area contributed by atoms with Gasteiger partial charge in [0.15, 0.2) is 5.60 Å². The normalized spacial score (nSPS) is 19.4. The van der Waals surface area contributed by atoms with Gasteiger partial charge in [-0.05, 0) is 35.2 Å². The van der Waals surface area contributed by atoms with Crippen molar-refractivity contribution in [1.29, 1.82) is 0 Å². The van der Waals surface area contributed by atoms with Gasteiger partial charge in [0.1, 0.15) is 5.60 Å². The summed E-state index contributed by atoms with van der Waals surface area (Å²) in [5.41, 5.74) is 0.943. The summed E-state index contributed by atoms with van der Waals surface area (Å²) in [6.45, 7) is 3.52. The van der Waals surface area contributed by atoms with Gasteiger partial charge in [0, 0.05) is 50.7 Å². The lowest BCUT2D eigenvalue weighted by Crippen LogP contribution is -2.47. The topological polar surface area (TPSA) is 45.6 Å². The molecule has 34 heavy (non-hydrogen) atoms. The van der Waals surface area contributed by atoms with Crippen molar-refractivity contribution in [3.8, 4) is 17.0 Å². The molecule has 4 nitrogen and oxygen atoms in total. The highest BCUT2D eigenvalue weighted by Gasteiger charge is 2.51. The molecule has 1 atom stereocenters. The maximum Gasteiger partial charge on any atom is 0.421 e. The zero-order valence-corrected chi connectivity index (χ0v) is 19.0. The Morgan fingerprint density at radius 3 is 2.18 bits per heavy atom. The Hall–Kier alpha value is -2.90. The van der Waals surface area contributed by atoms with Crippen molar-refractivity contribution >= 4 is 0 Å². The van der Waals surface area contributed by atoms with Gasteiger partial charge in [-0.2, -0.15) is 13.2 Å². The SMILES string of the molecule is CC(O)(c1ccc(-c2ccc(CN3CCC4(CC3)Cc3cccnc3O4)cc2)cc1)C(F)(F)F. The summed E-state index contributed by atoms with van der Waals surface area (Å²) in [5, 5.41) is 9.85. The quantitative estimate of drug-likeness (QED) is 0.550. The van der Waals surface area contributed by atoms with Crippen LogP contribution in [0, 0.1) is 0 Å². The number of fused-ring (bicyclic) bond motifs is 1. The number of piperidine rings is 1. The number of nitrogens with zero attached hydrogens (tertiary/aromatic N) is 2. The predicted molar refractivity (Wildman–Crippen MR) is 123 cm³/mol. The highest BCUT2D eigenvalue weighted by atomic mass is 19.4. The Bertz CT molecular complexity index is 1120. The average molecular weight is 469 g/mol. The Morgan fingerprint density at radius 2 is 1.59 bits per heavy atom. The number of halogens is 3. The number of rotatable bonds is 4. The third-order valence-corrected chi connectivity index (χ3v) is 7.14. The molecule has 5 rings (SSSR count). The summed E-state index contributed by atoms with van der Waals surface area (Å²) >= 11 is 0. The van der Waals surface area contributed by atoms with Crippen LogP contribution in [-0.2, 0) is 18.6 Å². The molecule has 178 valence electrons. The van der Waals surface area contributed by atoms with E-state index in [-0.39, 0.29) is 11.2 Å². The van der Waals surface area contributed by atoms with Crippen LogP contribution < -0.4 is 4.74 Å². The lowest BCUT2D eigenvalue weighted by Gasteiger charge is -2.38. The molecule has 1 spiro atoms. The molecule has 0 aliphatic carbocycles. The van der Waals surface area contributed by atoms with Crippen LogP contribution in [0.25, 0.3) is 11.1 Å². The molecule has 1 fully saturated rings. The molecule has 2 aromatic carbocycles. The third kappa shape index (κ3) is 4.30. The van der Waals surface area contributed by atoms with E-state index in [0.717, 1.165) is 62.8 Å². The number of benzene rings is 2. The van der Waals surface area contributed by atoms with E-state index < -0.39 is 11.8 Å². The first-order valence-corrected chi connectivity index (χ1v) is 11.5. The van der Waals surface area contributed by atoms with Crippen LogP contribution in [0.5, 0.6) is 5.88 Å². The van der Waals surface area contributed by atoms with Gasteiger partial charge in [0.05, 0.1) is 0 Å². The minimum Gasteiger partial charge on any atom is -0.470 e. The smallest absolute Gasteiger partial charge is 0.421 e. The summed E-state index contributed by atoms with van der Waals surface area (Å²) in [7, 11) is 0. The fraction of sp³-hybridized carbons (Fsp3) is 0.370. The fourth-order valence-corrected chi connectivity index (χ4v) is 4.85. The molecule has 0 amide bonds. The van der Waals surface area contributed by atoms with Crippen molar-refractivity contribution in [2.24, 2.45) is 0 Å². The highest BCUT2D eigenvalue weighted by Crippen LogP contribution is 2.40. The third-order valence-electron chi connectivity index (χ3n) is 7.14. The van der Waals surface area contributed by atoms with E-state index in [9.17, 15) is 18.3 Å².